The number of anilines is 1. The fourth-order valence-corrected chi connectivity index (χ4v) is 2.87. The number of nitrogens with one attached hydrogen (secondary N) is 1. The summed E-state index contributed by atoms with van der Waals surface area (Å²) in [5.74, 6) is -1.69. The Bertz CT molecular complexity index is 904. The number of nitrogens with zero attached hydrogens (tertiary/aromatic N) is 1. The lowest BCUT2D eigenvalue weighted by Gasteiger charge is -2.06. The highest BCUT2D eigenvalue weighted by Crippen LogP contribution is 2.22. The Morgan fingerprint density at radius 1 is 1.17 bits per heavy atom. The van der Waals surface area contributed by atoms with Crippen LogP contribution in [-0.4, -0.2) is 8.42 Å². The molecule has 0 fully saturated rings. The third kappa shape index (κ3) is 3.86. The molecule has 4 nitrogen and oxygen atoms in total. The predicted octanol–water partition coefficient (Wildman–Crippen LogP) is 3.87. The van der Waals surface area contributed by atoms with Crippen molar-refractivity contribution in [2.24, 2.45) is 0 Å². The van der Waals surface area contributed by atoms with Crippen LogP contribution in [0.4, 0.5) is 14.5 Å². The van der Waals surface area contributed by atoms with Gasteiger partial charge in [0, 0.05) is 17.3 Å². The molecule has 8 heteroatoms. The van der Waals surface area contributed by atoms with Crippen molar-refractivity contribution in [3.05, 3.63) is 70.2 Å². The van der Waals surface area contributed by atoms with Crippen LogP contribution in [-0.2, 0) is 9.84 Å². The van der Waals surface area contributed by atoms with Gasteiger partial charge in [-0.05, 0) is 36.4 Å². The van der Waals surface area contributed by atoms with E-state index < -0.39 is 26.4 Å². The highest BCUT2D eigenvalue weighted by atomic mass is 35.5. The first kappa shape index (κ1) is 16.9. The quantitative estimate of drug-likeness (QED) is 0.846. The van der Waals surface area contributed by atoms with E-state index in [0.717, 1.165) is 18.3 Å². The van der Waals surface area contributed by atoms with Crippen molar-refractivity contribution in [3.8, 4) is 6.07 Å². The summed E-state index contributed by atoms with van der Waals surface area (Å²) in [5.41, 5.74) is -0.162. The summed E-state index contributed by atoms with van der Waals surface area (Å²) in [6.07, 6.45) is 0.847. The van der Waals surface area contributed by atoms with Gasteiger partial charge in [-0.25, -0.2) is 17.2 Å². The first-order chi connectivity index (χ1) is 10.8. The van der Waals surface area contributed by atoms with Crippen LogP contribution in [0.25, 0.3) is 0 Å². The second-order valence-electron chi connectivity index (χ2n) is 4.35. The number of rotatable bonds is 4. The van der Waals surface area contributed by atoms with Crippen LogP contribution in [0.15, 0.2) is 58.5 Å². The molecule has 0 saturated carbocycles. The molecule has 0 bridgehead atoms. The Balaban J connectivity index is 2.35. The van der Waals surface area contributed by atoms with Crippen molar-refractivity contribution in [1.82, 2.24) is 0 Å². The largest absolute Gasteiger partial charge is 0.357 e. The number of hydrogen-bond acceptors (Lipinski definition) is 4. The molecule has 0 atom stereocenters. The Morgan fingerprint density at radius 3 is 2.39 bits per heavy atom. The fraction of sp³-hybridized carbons (Fsp3) is 0. The van der Waals surface area contributed by atoms with Crippen molar-refractivity contribution in [2.75, 3.05) is 5.32 Å². The minimum absolute atomic E-state index is 0.129. The molecule has 2 aromatic rings. The maximum atomic E-state index is 13.5. The summed E-state index contributed by atoms with van der Waals surface area (Å²) in [4.78, 5) is -0.750. The van der Waals surface area contributed by atoms with E-state index in [1.165, 1.54) is 30.3 Å². The summed E-state index contributed by atoms with van der Waals surface area (Å²) in [6.45, 7) is 0. The van der Waals surface area contributed by atoms with Crippen LogP contribution in [0.3, 0.4) is 0 Å². The molecule has 2 rings (SSSR count). The lowest BCUT2D eigenvalue weighted by Crippen LogP contribution is -2.06. The van der Waals surface area contributed by atoms with E-state index in [0.29, 0.717) is 11.1 Å². The summed E-state index contributed by atoms with van der Waals surface area (Å²) < 4.78 is 50.9. The molecule has 0 radical (unpaired) electrons. The molecule has 0 aliphatic carbocycles. The second kappa shape index (κ2) is 6.77. The van der Waals surface area contributed by atoms with Gasteiger partial charge in [0.2, 0.25) is 9.84 Å². The van der Waals surface area contributed by atoms with Gasteiger partial charge in [0.15, 0.2) is 4.91 Å². The summed E-state index contributed by atoms with van der Waals surface area (Å²) >= 11 is 5.69. The van der Waals surface area contributed by atoms with E-state index in [-0.39, 0.29) is 10.6 Å². The van der Waals surface area contributed by atoms with Gasteiger partial charge in [0.05, 0.1) is 10.6 Å². The lowest BCUT2D eigenvalue weighted by atomic mass is 10.3. The summed E-state index contributed by atoms with van der Waals surface area (Å²) in [6, 6.07) is 9.51. The number of benzene rings is 2. The van der Waals surface area contributed by atoms with Crippen LogP contribution < -0.4 is 5.32 Å². The van der Waals surface area contributed by atoms with Crippen LogP contribution in [0, 0.1) is 23.0 Å². The zero-order chi connectivity index (χ0) is 17.0. The SMILES string of the molecule is N#CC(=CNc1ccc(F)cc1F)S(=O)(=O)c1ccc(Cl)cc1. The Hall–Kier alpha value is -2.43. The number of halogens is 3. The molecule has 0 aliphatic heterocycles. The normalized spacial score (nSPS) is 11.8. The summed E-state index contributed by atoms with van der Waals surface area (Å²) in [7, 11) is -4.08. The smallest absolute Gasteiger partial charge is 0.218 e. The third-order valence-electron chi connectivity index (χ3n) is 2.81. The van der Waals surface area contributed by atoms with Gasteiger partial charge in [0.1, 0.15) is 17.7 Å². The van der Waals surface area contributed by atoms with E-state index in [1.54, 1.807) is 0 Å². The van der Waals surface area contributed by atoms with Gasteiger partial charge >= 0.3 is 0 Å². The average molecular weight is 355 g/mol. The number of nitriles is 1. The van der Waals surface area contributed by atoms with Crippen LogP contribution in [0.1, 0.15) is 0 Å². The molecule has 0 aromatic heterocycles. The Morgan fingerprint density at radius 2 is 1.83 bits per heavy atom. The van der Waals surface area contributed by atoms with Crippen LogP contribution in [0.5, 0.6) is 0 Å². The molecule has 0 aliphatic rings. The molecule has 0 amide bonds. The molecule has 118 valence electrons. The van der Waals surface area contributed by atoms with Gasteiger partial charge in [0.25, 0.3) is 0 Å². The highest BCUT2D eigenvalue weighted by molar-refractivity contribution is 7.95. The topological polar surface area (TPSA) is 70.0 Å². The maximum Gasteiger partial charge on any atom is 0.218 e. The van der Waals surface area contributed by atoms with E-state index in [4.69, 9.17) is 16.9 Å². The fourth-order valence-electron chi connectivity index (χ4n) is 1.66. The number of sulfone groups is 1. The van der Waals surface area contributed by atoms with E-state index in [1.807, 2.05) is 0 Å². The first-order valence-corrected chi connectivity index (χ1v) is 8.03. The minimum Gasteiger partial charge on any atom is -0.357 e. The van der Waals surface area contributed by atoms with Crippen molar-refractivity contribution >= 4 is 27.1 Å². The van der Waals surface area contributed by atoms with Crippen LogP contribution in [0.2, 0.25) is 5.02 Å². The van der Waals surface area contributed by atoms with Gasteiger partial charge in [-0.1, -0.05) is 11.6 Å². The van der Waals surface area contributed by atoms with Crippen molar-refractivity contribution in [3.63, 3.8) is 0 Å². The highest BCUT2D eigenvalue weighted by Gasteiger charge is 2.20. The molecule has 23 heavy (non-hydrogen) atoms. The number of hydrogen-bond donors (Lipinski definition) is 1. The first-order valence-electron chi connectivity index (χ1n) is 6.17. The monoisotopic (exact) mass is 354 g/mol. The van der Waals surface area contributed by atoms with Gasteiger partial charge in [-0.15, -0.1) is 0 Å². The molecular formula is C15H9ClF2N2O2S. The van der Waals surface area contributed by atoms with Crippen molar-refractivity contribution < 1.29 is 17.2 Å². The van der Waals surface area contributed by atoms with E-state index >= 15 is 0 Å². The van der Waals surface area contributed by atoms with E-state index in [2.05, 4.69) is 5.32 Å². The minimum atomic E-state index is -4.08. The Labute approximate surface area is 136 Å². The predicted molar refractivity (Wildman–Crippen MR) is 82.3 cm³/mol. The van der Waals surface area contributed by atoms with E-state index in [9.17, 15) is 17.2 Å². The standard InChI is InChI=1S/C15H9ClF2N2O2S/c16-10-1-4-12(5-2-10)23(21,22)13(8-19)9-20-15-6-3-11(17)7-14(15)18/h1-7,9,20H. The molecule has 0 saturated heterocycles. The molecule has 0 heterocycles. The zero-order valence-corrected chi connectivity index (χ0v) is 13.0. The average Bonchev–Trinajstić information content (AvgIpc) is 2.50. The van der Waals surface area contributed by atoms with Crippen molar-refractivity contribution in [1.29, 1.82) is 5.26 Å². The molecular weight excluding hydrogens is 346 g/mol. The van der Waals surface area contributed by atoms with Crippen molar-refractivity contribution in [2.45, 2.75) is 4.90 Å². The van der Waals surface area contributed by atoms with Gasteiger partial charge in [-0.3, -0.25) is 0 Å². The van der Waals surface area contributed by atoms with Gasteiger partial charge < -0.3 is 5.32 Å². The molecule has 1 N–H and O–H groups in total. The maximum absolute atomic E-state index is 13.5. The molecule has 0 unspecified atom stereocenters. The molecule has 0 spiro atoms. The third-order valence-corrected chi connectivity index (χ3v) is 4.75. The lowest BCUT2D eigenvalue weighted by molar-refractivity contribution is 0.585. The number of allylic oxidation sites excluding steroid dienone is 1. The van der Waals surface area contributed by atoms with Crippen LogP contribution >= 0.6 is 11.6 Å². The Kier molecular flexibility index (Phi) is 4.98. The summed E-state index contributed by atoms with van der Waals surface area (Å²) in [5, 5.41) is 11.7. The van der Waals surface area contributed by atoms with Gasteiger partial charge in [-0.2, -0.15) is 5.26 Å². The zero-order valence-electron chi connectivity index (χ0n) is 11.4. The molecule has 2 aromatic carbocycles. The second-order valence-corrected chi connectivity index (χ2v) is 6.70.